The zero-order valence-corrected chi connectivity index (χ0v) is 10.7. The molecule has 0 aliphatic carbocycles. The van der Waals surface area contributed by atoms with Gasteiger partial charge >= 0.3 is 0 Å². The fraction of sp³-hybridized carbons (Fsp3) is 0.667. The molecule has 0 bridgehead atoms. The fourth-order valence-electron chi connectivity index (χ4n) is 1.37. The molecule has 0 fully saturated rings. The zero-order valence-electron chi connectivity index (χ0n) is 10.7. The molecule has 96 valence electrons. The molecule has 5 nitrogen and oxygen atoms in total. The van der Waals surface area contributed by atoms with Gasteiger partial charge in [-0.3, -0.25) is 0 Å². The number of aliphatic hydroxyl groups excluding tert-OH is 1. The molecule has 1 heterocycles. The van der Waals surface area contributed by atoms with Gasteiger partial charge in [0.25, 0.3) is 0 Å². The summed E-state index contributed by atoms with van der Waals surface area (Å²) < 4.78 is 5.14. The minimum Gasteiger partial charge on any atom is -0.394 e. The highest BCUT2D eigenvalue weighted by Gasteiger charge is 2.05. The van der Waals surface area contributed by atoms with Crippen molar-refractivity contribution in [2.75, 3.05) is 31.7 Å². The van der Waals surface area contributed by atoms with Crippen molar-refractivity contribution < 1.29 is 9.84 Å². The Kier molecular flexibility index (Phi) is 5.86. The second kappa shape index (κ2) is 7.19. The smallest absolute Gasteiger partial charge is 0.223 e. The summed E-state index contributed by atoms with van der Waals surface area (Å²) in [4.78, 5) is 8.73. The van der Waals surface area contributed by atoms with Crippen molar-refractivity contribution >= 4 is 5.95 Å². The zero-order chi connectivity index (χ0) is 12.7. The molecule has 0 amide bonds. The highest BCUT2D eigenvalue weighted by Crippen LogP contribution is 2.14. The normalized spacial score (nSPS) is 10.9. The van der Waals surface area contributed by atoms with E-state index in [1.165, 1.54) is 0 Å². The summed E-state index contributed by atoms with van der Waals surface area (Å²) in [6.45, 7) is 7.77. The maximum absolute atomic E-state index is 8.55. The maximum Gasteiger partial charge on any atom is 0.223 e. The molecule has 0 radical (unpaired) electrons. The average molecular weight is 239 g/mol. The van der Waals surface area contributed by atoms with E-state index in [4.69, 9.17) is 9.84 Å². The topological polar surface area (TPSA) is 67.3 Å². The van der Waals surface area contributed by atoms with E-state index in [0.29, 0.717) is 31.6 Å². The molecule has 0 aliphatic heterocycles. The average Bonchev–Trinajstić information content (AvgIpc) is 2.28. The summed E-state index contributed by atoms with van der Waals surface area (Å²) in [5.74, 6) is 1.03. The Bertz CT molecular complexity index is 343. The summed E-state index contributed by atoms with van der Waals surface area (Å²) in [5, 5.41) is 11.7. The Hall–Kier alpha value is -1.20. The number of aliphatic hydroxyl groups is 1. The third kappa shape index (κ3) is 5.10. The molecule has 1 aromatic heterocycles. The summed E-state index contributed by atoms with van der Waals surface area (Å²) >= 11 is 0. The monoisotopic (exact) mass is 239 g/mol. The SMILES string of the molecule is Cc1cc(C(C)C)nc(NCCOCCO)n1. The second-order valence-electron chi connectivity index (χ2n) is 4.18. The quantitative estimate of drug-likeness (QED) is 0.703. The van der Waals surface area contributed by atoms with Crippen LogP contribution >= 0.6 is 0 Å². The summed E-state index contributed by atoms with van der Waals surface area (Å²) in [6, 6.07) is 2.00. The number of aryl methyl sites for hydroxylation is 1. The van der Waals surface area contributed by atoms with Crippen LogP contribution in [0.4, 0.5) is 5.95 Å². The van der Waals surface area contributed by atoms with Crippen molar-refractivity contribution in [1.29, 1.82) is 0 Å². The Morgan fingerprint density at radius 1 is 1.35 bits per heavy atom. The van der Waals surface area contributed by atoms with Gasteiger partial charge < -0.3 is 15.2 Å². The molecule has 5 heteroatoms. The maximum atomic E-state index is 8.55. The Balaban J connectivity index is 2.47. The molecule has 2 N–H and O–H groups in total. The molecule has 0 saturated heterocycles. The van der Waals surface area contributed by atoms with E-state index in [2.05, 4.69) is 29.1 Å². The van der Waals surface area contributed by atoms with Gasteiger partial charge in [0.1, 0.15) is 0 Å². The number of nitrogens with zero attached hydrogens (tertiary/aromatic N) is 2. The first-order valence-electron chi connectivity index (χ1n) is 5.91. The molecule has 0 aliphatic rings. The molecule has 17 heavy (non-hydrogen) atoms. The highest BCUT2D eigenvalue weighted by molar-refractivity contribution is 5.28. The van der Waals surface area contributed by atoms with E-state index >= 15 is 0 Å². The first kappa shape index (κ1) is 13.9. The number of ether oxygens (including phenoxy) is 1. The van der Waals surface area contributed by atoms with Crippen LogP contribution in [0.2, 0.25) is 0 Å². The lowest BCUT2D eigenvalue weighted by molar-refractivity contribution is 0.0991. The predicted octanol–water partition coefficient (Wildman–Crippen LogP) is 1.33. The van der Waals surface area contributed by atoms with Crippen LogP contribution in [-0.2, 0) is 4.74 Å². The van der Waals surface area contributed by atoms with Crippen LogP contribution in [-0.4, -0.2) is 41.4 Å². The van der Waals surface area contributed by atoms with Crippen molar-refractivity contribution in [2.45, 2.75) is 26.7 Å². The third-order valence-electron chi connectivity index (χ3n) is 2.23. The van der Waals surface area contributed by atoms with Crippen molar-refractivity contribution in [2.24, 2.45) is 0 Å². The molecule has 1 rings (SSSR count). The summed E-state index contributed by atoms with van der Waals surface area (Å²) in [6.07, 6.45) is 0. The van der Waals surface area contributed by atoms with Gasteiger partial charge in [0, 0.05) is 17.9 Å². The number of rotatable bonds is 7. The Morgan fingerprint density at radius 3 is 2.76 bits per heavy atom. The van der Waals surface area contributed by atoms with Crippen LogP contribution in [0.3, 0.4) is 0 Å². The minimum atomic E-state index is 0.0540. The van der Waals surface area contributed by atoms with E-state index in [-0.39, 0.29) is 6.61 Å². The van der Waals surface area contributed by atoms with Crippen LogP contribution in [0, 0.1) is 6.92 Å². The molecular weight excluding hydrogens is 218 g/mol. The molecule has 0 aromatic carbocycles. The fourth-order valence-corrected chi connectivity index (χ4v) is 1.37. The predicted molar refractivity (Wildman–Crippen MR) is 67.3 cm³/mol. The molecular formula is C12H21N3O2. The first-order chi connectivity index (χ1) is 8.13. The minimum absolute atomic E-state index is 0.0540. The molecule has 0 saturated carbocycles. The van der Waals surface area contributed by atoms with Crippen LogP contribution in [0.5, 0.6) is 0 Å². The van der Waals surface area contributed by atoms with Gasteiger partial charge in [0.15, 0.2) is 0 Å². The lowest BCUT2D eigenvalue weighted by Crippen LogP contribution is -2.14. The third-order valence-corrected chi connectivity index (χ3v) is 2.23. The summed E-state index contributed by atoms with van der Waals surface area (Å²) in [7, 11) is 0. The van der Waals surface area contributed by atoms with Crippen LogP contribution in [0.15, 0.2) is 6.07 Å². The van der Waals surface area contributed by atoms with E-state index < -0.39 is 0 Å². The lowest BCUT2D eigenvalue weighted by Gasteiger charge is -2.10. The van der Waals surface area contributed by atoms with E-state index in [9.17, 15) is 0 Å². The van der Waals surface area contributed by atoms with Crippen molar-refractivity contribution in [1.82, 2.24) is 9.97 Å². The highest BCUT2D eigenvalue weighted by atomic mass is 16.5. The van der Waals surface area contributed by atoms with Gasteiger partial charge in [0.2, 0.25) is 5.95 Å². The van der Waals surface area contributed by atoms with Crippen molar-refractivity contribution in [3.8, 4) is 0 Å². The number of hydrogen-bond donors (Lipinski definition) is 2. The number of hydrogen-bond acceptors (Lipinski definition) is 5. The first-order valence-corrected chi connectivity index (χ1v) is 5.91. The van der Waals surface area contributed by atoms with E-state index in [0.717, 1.165) is 11.4 Å². The van der Waals surface area contributed by atoms with Gasteiger partial charge in [-0.05, 0) is 18.9 Å². The molecule has 1 aromatic rings. The largest absolute Gasteiger partial charge is 0.394 e. The van der Waals surface area contributed by atoms with Crippen molar-refractivity contribution in [3.63, 3.8) is 0 Å². The van der Waals surface area contributed by atoms with Gasteiger partial charge in [-0.25, -0.2) is 9.97 Å². The lowest BCUT2D eigenvalue weighted by atomic mass is 10.1. The standard InChI is InChI=1S/C12H21N3O2/c1-9(2)11-8-10(3)14-12(15-11)13-4-6-17-7-5-16/h8-9,16H,4-7H2,1-3H3,(H,13,14,15). The Morgan fingerprint density at radius 2 is 2.12 bits per heavy atom. The van der Waals surface area contributed by atoms with Crippen LogP contribution in [0.1, 0.15) is 31.2 Å². The van der Waals surface area contributed by atoms with Gasteiger partial charge in [-0.2, -0.15) is 0 Å². The van der Waals surface area contributed by atoms with E-state index in [1.807, 2.05) is 13.0 Å². The number of aromatic nitrogens is 2. The van der Waals surface area contributed by atoms with Gasteiger partial charge in [-0.1, -0.05) is 13.8 Å². The second-order valence-corrected chi connectivity index (χ2v) is 4.18. The van der Waals surface area contributed by atoms with Gasteiger partial charge in [0.05, 0.1) is 19.8 Å². The molecule has 0 unspecified atom stereocenters. The van der Waals surface area contributed by atoms with Gasteiger partial charge in [-0.15, -0.1) is 0 Å². The van der Waals surface area contributed by atoms with Crippen LogP contribution < -0.4 is 5.32 Å². The number of nitrogens with one attached hydrogen (secondary N) is 1. The molecule has 0 spiro atoms. The number of anilines is 1. The Labute approximate surface area is 102 Å². The summed E-state index contributed by atoms with van der Waals surface area (Å²) in [5.41, 5.74) is 2.00. The van der Waals surface area contributed by atoms with E-state index in [1.54, 1.807) is 0 Å². The van der Waals surface area contributed by atoms with Crippen LogP contribution in [0.25, 0.3) is 0 Å². The van der Waals surface area contributed by atoms with Crippen molar-refractivity contribution in [3.05, 3.63) is 17.5 Å². The molecule has 0 atom stereocenters.